The third-order valence-electron chi connectivity index (χ3n) is 3.77. The van der Waals surface area contributed by atoms with Crippen LogP contribution in [0.1, 0.15) is 13.3 Å². The molecule has 1 heterocycles. The van der Waals surface area contributed by atoms with Crippen LogP contribution in [0.2, 0.25) is 5.02 Å². The SMILES string of the molecule is C[C@@H](Sc1ccccc1Cl)C(=O)N1CCCN(CC(N)=O)CC1. The highest BCUT2D eigenvalue weighted by Crippen LogP contribution is 2.30. The van der Waals surface area contributed by atoms with E-state index in [4.69, 9.17) is 17.3 Å². The molecular formula is C16H22ClN3O2S. The number of thioether (sulfide) groups is 1. The highest BCUT2D eigenvalue weighted by molar-refractivity contribution is 8.00. The van der Waals surface area contributed by atoms with Gasteiger partial charge >= 0.3 is 0 Å². The van der Waals surface area contributed by atoms with Crippen molar-refractivity contribution in [3.63, 3.8) is 0 Å². The second-order valence-corrected chi connectivity index (χ2v) is 7.40. The number of carbonyl (C=O) groups is 2. The average molecular weight is 356 g/mol. The Morgan fingerprint density at radius 2 is 2.00 bits per heavy atom. The van der Waals surface area contributed by atoms with Crippen LogP contribution >= 0.6 is 23.4 Å². The van der Waals surface area contributed by atoms with Crippen LogP contribution in [0, 0.1) is 0 Å². The predicted molar refractivity (Wildman–Crippen MR) is 93.6 cm³/mol. The highest BCUT2D eigenvalue weighted by atomic mass is 35.5. The summed E-state index contributed by atoms with van der Waals surface area (Å²) >= 11 is 7.64. The number of hydrogen-bond donors (Lipinski definition) is 1. The van der Waals surface area contributed by atoms with Crippen molar-refractivity contribution in [2.45, 2.75) is 23.5 Å². The molecule has 0 saturated carbocycles. The van der Waals surface area contributed by atoms with E-state index >= 15 is 0 Å². The molecule has 1 aliphatic rings. The number of hydrogen-bond acceptors (Lipinski definition) is 4. The van der Waals surface area contributed by atoms with Gasteiger partial charge in [-0.15, -0.1) is 11.8 Å². The second kappa shape index (κ2) is 8.57. The molecule has 0 unspecified atom stereocenters. The van der Waals surface area contributed by atoms with Crippen LogP contribution in [-0.4, -0.2) is 59.6 Å². The lowest BCUT2D eigenvalue weighted by Gasteiger charge is -2.24. The van der Waals surface area contributed by atoms with Gasteiger partial charge in [-0.2, -0.15) is 0 Å². The van der Waals surface area contributed by atoms with E-state index < -0.39 is 0 Å². The molecule has 7 heteroatoms. The van der Waals surface area contributed by atoms with Crippen LogP contribution in [0.3, 0.4) is 0 Å². The van der Waals surface area contributed by atoms with E-state index in [0.717, 1.165) is 17.9 Å². The number of benzene rings is 1. The van der Waals surface area contributed by atoms with Crippen molar-refractivity contribution >= 4 is 35.2 Å². The molecule has 2 amide bonds. The largest absolute Gasteiger partial charge is 0.369 e. The van der Waals surface area contributed by atoms with Crippen molar-refractivity contribution in [1.29, 1.82) is 0 Å². The summed E-state index contributed by atoms with van der Waals surface area (Å²) < 4.78 is 0. The van der Waals surface area contributed by atoms with E-state index in [9.17, 15) is 9.59 Å². The first-order chi connectivity index (χ1) is 11.0. The Morgan fingerprint density at radius 3 is 2.70 bits per heavy atom. The normalized spacial score (nSPS) is 17.6. The summed E-state index contributed by atoms with van der Waals surface area (Å²) in [5.41, 5.74) is 5.24. The molecule has 126 valence electrons. The fraction of sp³-hybridized carbons (Fsp3) is 0.500. The third-order valence-corrected chi connectivity index (χ3v) is 5.37. The van der Waals surface area contributed by atoms with Gasteiger partial charge in [-0.05, 0) is 25.5 Å². The molecule has 1 aromatic carbocycles. The van der Waals surface area contributed by atoms with E-state index in [0.29, 0.717) is 24.7 Å². The zero-order valence-electron chi connectivity index (χ0n) is 13.2. The summed E-state index contributed by atoms with van der Waals surface area (Å²) in [6, 6.07) is 7.54. The van der Waals surface area contributed by atoms with Gasteiger partial charge in [0.1, 0.15) is 0 Å². The number of amides is 2. The quantitative estimate of drug-likeness (QED) is 0.818. The van der Waals surface area contributed by atoms with E-state index in [-0.39, 0.29) is 23.6 Å². The lowest BCUT2D eigenvalue weighted by atomic mass is 10.3. The summed E-state index contributed by atoms with van der Waals surface area (Å²) in [5.74, 6) is -0.219. The van der Waals surface area contributed by atoms with Gasteiger partial charge in [0.2, 0.25) is 11.8 Å². The predicted octanol–water partition coefficient (Wildman–Crippen LogP) is 1.84. The van der Waals surface area contributed by atoms with Crippen molar-refractivity contribution in [2.75, 3.05) is 32.7 Å². The van der Waals surface area contributed by atoms with Gasteiger partial charge in [0.25, 0.3) is 0 Å². The lowest BCUT2D eigenvalue weighted by Crippen LogP contribution is -2.40. The Bertz CT molecular complexity index is 570. The molecule has 0 radical (unpaired) electrons. The van der Waals surface area contributed by atoms with Crippen LogP contribution < -0.4 is 5.73 Å². The second-order valence-electron chi connectivity index (χ2n) is 5.61. The molecular weight excluding hydrogens is 334 g/mol. The molecule has 1 atom stereocenters. The minimum absolute atomic E-state index is 0.107. The molecule has 2 rings (SSSR count). The van der Waals surface area contributed by atoms with Crippen molar-refractivity contribution in [1.82, 2.24) is 9.80 Å². The first kappa shape index (κ1) is 18.1. The summed E-state index contributed by atoms with van der Waals surface area (Å²) in [5, 5.41) is 0.471. The number of halogens is 1. The number of rotatable bonds is 5. The summed E-state index contributed by atoms with van der Waals surface area (Å²) in [7, 11) is 0. The molecule has 1 fully saturated rings. The highest BCUT2D eigenvalue weighted by Gasteiger charge is 2.24. The fourth-order valence-corrected chi connectivity index (χ4v) is 3.85. The standard InChI is InChI=1S/C16H22ClN3O2S/c1-12(23-14-6-3-2-5-13(14)17)16(22)20-8-4-7-19(9-10-20)11-15(18)21/h2-3,5-6,12H,4,7-11H2,1H3,(H2,18,21)/t12-/m1/s1. The lowest BCUT2D eigenvalue weighted by molar-refractivity contribution is -0.130. The first-order valence-corrected chi connectivity index (χ1v) is 8.94. The molecule has 1 aliphatic heterocycles. The van der Waals surface area contributed by atoms with Crippen molar-refractivity contribution in [3.8, 4) is 0 Å². The van der Waals surface area contributed by atoms with E-state index in [1.165, 1.54) is 11.8 Å². The van der Waals surface area contributed by atoms with Crippen molar-refractivity contribution in [3.05, 3.63) is 29.3 Å². The van der Waals surface area contributed by atoms with Crippen LogP contribution in [0.4, 0.5) is 0 Å². The summed E-state index contributed by atoms with van der Waals surface area (Å²) in [6.07, 6.45) is 0.850. The third kappa shape index (κ3) is 5.41. The molecule has 5 nitrogen and oxygen atoms in total. The van der Waals surface area contributed by atoms with Gasteiger partial charge in [-0.1, -0.05) is 23.7 Å². The number of nitrogens with zero attached hydrogens (tertiary/aromatic N) is 2. The molecule has 0 bridgehead atoms. The van der Waals surface area contributed by atoms with Gasteiger partial charge in [-0.3, -0.25) is 14.5 Å². The first-order valence-electron chi connectivity index (χ1n) is 7.68. The average Bonchev–Trinajstić information content (AvgIpc) is 2.73. The summed E-state index contributed by atoms with van der Waals surface area (Å²) in [6.45, 7) is 4.96. The maximum Gasteiger partial charge on any atom is 0.235 e. The Morgan fingerprint density at radius 1 is 1.26 bits per heavy atom. The molecule has 1 aromatic rings. The Kier molecular flexibility index (Phi) is 6.74. The van der Waals surface area contributed by atoms with Gasteiger partial charge in [-0.25, -0.2) is 0 Å². The number of nitrogens with two attached hydrogens (primary N) is 1. The zero-order chi connectivity index (χ0) is 16.8. The maximum atomic E-state index is 12.6. The van der Waals surface area contributed by atoms with Crippen LogP contribution in [0.5, 0.6) is 0 Å². The Hall–Kier alpha value is -1.24. The molecule has 23 heavy (non-hydrogen) atoms. The van der Waals surface area contributed by atoms with Gasteiger partial charge in [0.05, 0.1) is 16.8 Å². The molecule has 0 aromatic heterocycles. The Labute approximate surface area is 146 Å². The minimum Gasteiger partial charge on any atom is -0.369 e. The maximum absolute atomic E-state index is 12.6. The Balaban J connectivity index is 1.92. The van der Waals surface area contributed by atoms with Crippen LogP contribution in [0.15, 0.2) is 29.2 Å². The number of primary amides is 1. The fourth-order valence-electron chi connectivity index (χ4n) is 2.61. The zero-order valence-corrected chi connectivity index (χ0v) is 14.8. The van der Waals surface area contributed by atoms with Gasteiger partial charge < -0.3 is 10.6 Å². The van der Waals surface area contributed by atoms with E-state index in [2.05, 4.69) is 0 Å². The summed E-state index contributed by atoms with van der Waals surface area (Å²) in [4.78, 5) is 28.5. The molecule has 0 spiro atoms. The smallest absolute Gasteiger partial charge is 0.235 e. The van der Waals surface area contributed by atoms with Crippen molar-refractivity contribution in [2.24, 2.45) is 5.73 Å². The molecule has 0 aliphatic carbocycles. The van der Waals surface area contributed by atoms with E-state index in [1.807, 2.05) is 41.0 Å². The van der Waals surface area contributed by atoms with Crippen molar-refractivity contribution < 1.29 is 9.59 Å². The van der Waals surface area contributed by atoms with E-state index in [1.54, 1.807) is 0 Å². The molecule has 1 saturated heterocycles. The molecule has 2 N–H and O–H groups in total. The monoisotopic (exact) mass is 355 g/mol. The van der Waals surface area contributed by atoms with Crippen LogP contribution in [-0.2, 0) is 9.59 Å². The van der Waals surface area contributed by atoms with Crippen LogP contribution in [0.25, 0.3) is 0 Å². The number of carbonyl (C=O) groups excluding carboxylic acids is 2. The van der Waals surface area contributed by atoms with Gasteiger partial charge in [0.15, 0.2) is 0 Å². The topological polar surface area (TPSA) is 66.6 Å². The van der Waals surface area contributed by atoms with Gasteiger partial charge in [0, 0.05) is 31.1 Å². The minimum atomic E-state index is -0.326.